The molecule has 0 bridgehead atoms. The lowest BCUT2D eigenvalue weighted by Gasteiger charge is -2.25. The van der Waals surface area contributed by atoms with Gasteiger partial charge < -0.3 is 15.0 Å². The molecule has 1 aromatic heterocycles. The topological polar surface area (TPSA) is 71.8 Å². The molecule has 0 aliphatic carbocycles. The lowest BCUT2D eigenvalue weighted by molar-refractivity contribution is 0.0297. The molecule has 1 saturated heterocycles. The van der Waals surface area contributed by atoms with Crippen LogP contribution < -0.4 is 9.99 Å². The summed E-state index contributed by atoms with van der Waals surface area (Å²) >= 11 is 12.3. The zero-order valence-electron chi connectivity index (χ0n) is 13.4. The Hall–Kier alpha value is -1.81. The highest BCUT2D eigenvalue weighted by molar-refractivity contribution is 7.80. The average molecular weight is 398 g/mol. The van der Waals surface area contributed by atoms with Crippen LogP contribution in [-0.4, -0.2) is 58.4 Å². The molecule has 1 aliphatic heterocycles. The van der Waals surface area contributed by atoms with E-state index in [2.05, 4.69) is 15.4 Å². The molecule has 0 saturated carbocycles. The molecule has 0 radical (unpaired) electrons. The Morgan fingerprint density at radius 3 is 2.68 bits per heavy atom. The van der Waals surface area contributed by atoms with Crippen molar-refractivity contribution in [2.45, 2.75) is 0 Å². The number of aromatic nitrogens is 2. The zero-order chi connectivity index (χ0) is 17.8. The van der Waals surface area contributed by atoms with E-state index in [0.717, 1.165) is 5.69 Å². The molecule has 3 rings (SSSR count). The van der Waals surface area contributed by atoms with Crippen LogP contribution in [0.2, 0.25) is 5.02 Å². The minimum absolute atomic E-state index is 0.176. The highest BCUT2D eigenvalue weighted by Crippen LogP contribution is 2.14. The lowest BCUT2D eigenvalue weighted by Crippen LogP contribution is -2.42. The molecule has 1 aliphatic rings. The fourth-order valence-corrected chi connectivity index (χ4v) is 3.37. The van der Waals surface area contributed by atoms with Gasteiger partial charge in [0, 0.05) is 25.2 Å². The van der Waals surface area contributed by atoms with Crippen LogP contribution in [0.4, 0.5) is 0 Å². The average Bonchev–Trinajstić information content (AvgIpc) is 3.06. The Balaban J connectivity index is 2.02. The number of carbonyl (C=O) groups excluding carboxylic acids is 1. The van der Waals surface area contributed by atoms with Gasteiger partial charge in [0.05, 0.1) is 18.9 Å². The minimum atomic E-state index is -0.176. The molecule has 1 N–H and O–H groups in total. The van der Waals surface area contributed by atoms with Gasteiger partial charge in [0.25, 0.3) is 5.91 Å². The van der Waals surface area contributed by atoms with Crippen molar-refractivity contribution < 1.29 is 9.53 Å². The molecular weight excluding hydrogens is 382 g/mol. The van der Waals surface area contributed by atoms with Gasteiger partial charge in [0.2, 0.25) is 0 Å². The molecule has 2 aromatic rings. The van der Waals surface area contributed by atoms with Crippen LogP contribution in [0.15, 0.2) is 29.3 Å². The second-order valence-electron chi connectivity index (χ2n) is 5.17. The first-order chi connectivity index (χ1) is 12.1. The van der Waals surface area contributed by atoms with Crippen molar-refractivity contribution in [2.24, 2.45) is 4.99 Å². The van der Waals surface area contributed by atoms with Crippen molar-refractivity contribution in [2.75, 3.05) is 33.4 Å². The normalized spacial score (nSPS) is 15.3. The molecule has 1 aromatic carbocycles. The standard InChI is InChI=1S/C15H16ClN5O2S2/c1-17-15(24)18-13-12(14(22)20-6-8-23-9-7-20)19-21(25-13)11-4-2-10(16)3-5-11/h2-5H,6-9H2,1H3,(H,17,24)/b18-13-. The molecule has 132 valence electrons. The van der Waals surface area contributed by atoms with E-state index in [1.807, 2.05) is 12.1 Å². The van der Waals surface area contributed by atoms with Crippen LogP contribution in [0, 0.1) is 0 Å². The van der Waals surface area contributed by atoms with E-state index in [9.17, 15) is 4.79 Å². The number of hydrogen-bond donors (Lipinski definition) is 1. The molecule has 25 heavy (non-hydrogen) atoms. The second kappa shape index (κ2) is 8.05. The van der Waals surface area contributed by atoms with Crippen LogP contribution in [0.1, 0.15) is 10.5 Å². The molecule has 0 unspecified atom stereocenters. The summed E-state index contributed by atoms with van der Waals surface area (Å²) in [6, 6.07) is 7.19. The number of rotatable bonds is 2. The van der Waals surface area contributed by atoms with Gasteiger partial charge in [-0.1, -0.05) is 11.6 Å². The first kappa shape index (κ1) is 18.0. The van der Waals surface area contributed by atoms with E-state index in [-0.39, 0.29) is 11.6 Å². The summed E-state index contributed by atoms with van der Waals surface area (Å²) in [6.45, 7) is 2.11. The fraction of sp³-hybridized carbons (Fsp3) is 0.333. The molecule has 0 atom stereocenters. The number of hydrogen-bond acceptors (Lipinski definition) is 5. The number of nitrogens with zero attached hydrogens (tertiary/aromatic N) is 4. The third kappa shape index (κ3) is 4.24. The number of nitrogens with one attached hydrogen (secondary N) is 1. The summed E-state index contributed by atoms with van der Waals surface area (Å²) in [6.07, 6.45) is 0. The number of carbonyl (C=O) groups is 1. The molecule has 10 heteroatoms. The van der Waals surface area contributed by atoms with E-state index in [4.69, 9.17) is 28.6 Å². The predicted molar refractivity (Wildman–Crippen MR) is 100 cm³/mol. The number of ether oxygens (including phenoxy) is 1. The van der Waals surface area contributed by atoms with Crippen molar-refractivity contribution in [3.8, 4) is 5.69 Å². The van der Waals surface area contributed by atoms with Gasteiger partial charge in [0.15, 0.2) is 15.5 Å². The first-order valence-electron chi connectivity index (χ1n) is 7.58. The maximum atomic E-state index is 12.8. The largest absolute Gasteiger partial charge is 0.378 e. The lowest BCUT2D eigenvalue weighted by atomic mass is 10.3. The van der Waals surface area contributed by atoms with Gasteiger partial charge in [-0.2, -0.15) is 4.07 Å². The third-order valence-corrected chi connectivity index (χ3v) is 5.00. The van der Waals surface area contributed by atoms with E-state index >= 15 is 0 Å². The molecule has 1 fully saturated rings. The monoisotopic (exact) mass is 397 g/mol. The summed E-state index contributed by atoms with van der Waals surface area (Å²) in [5, 5.41) is 8.16. The van der Waals surface area contributed by atoms with Gasteiger partial charge in [-0.25, -0.2) is 4.99 Å². The SMILES string of the molecule is CNC(=S)/N=c1\sn(-c2ccc(Cl)cc2)nc1C(=O)N1CCOCC1. The maximum absolute atomic E-state index is 12.8. The Bertz CT molecular complexity index is 840. The number of morpholine rings is 1. The first-order valence-corrected chi connectivity index (χ1v) is 9.14. The summed E-state index contributed by atoms with van der Waals surface area (Å²) in [5.74, 6) is -0.176. The van der Waals surface area contributed by atoms with Crippen LogP contribution >= 0.6 is 35.4 Å². The Morgan fingerprint density at radius 2 is 2.04 bits per heavy atom. The third-order valence-electron chi connectivity index (χ3n) is 3.53. The number of benzene rings is 1. The number of thiocarbonyl (C=S) groups is 1. The number of amides is 1. The van der Waals surface area contributed by atoms with Crippen LogP contribution in [-0.2, 0) is 4.74 Å². The zero-order valence-corrected chi connectivity index (χ0v) is 15.8. The Kier molecular flexibility index (Phi) is 5.79. The van der Waals surface area contributed by atoms with Crippen molar-refractivity contribution in [3.05, 3.63) is 39.7 Å². The van der Waals surface area contributed by atoms with Crippen LogP contribution in [0.25, 0.3) is 5.69 Å². The summed E-state index contributed by atoms with van der Waals surface area (Å²) in [4.78, 5) is 18.9. The fourth-order valence-electron chi connectivity index (χ4n) is 2.23. The van der Waals surface area contributed by atoms with Gasteiger partial charge in [-0.15, -0.1) is 5.10 Å². The van der Waals surface area contributed by atoms with Gasteiger partial charge in [-0.05, 0) is 48.0 Å². The highest BCUT2D eigenvalue weighted by atomic mass is 35.5. The van der Waals surface area contributed by atoms with Gasteiger partial charge in [0.1, 0.15) is 0 Å². The van der Waals surface area contributed by atoms with Crippen molar-refractivity contribution in [1.82, 2.24) is 19.4 Å². The minimum Gasteiger partial charge on any atom is -0.378 e. The van der Waals surface area contributed by atoms with Gasteiger partial charge >= 0.3 is 0 Å². The van der Waals surface area contributed by atoms with E-state index in [1.54, 1.807) is 28.2 Å². The quantitative estimate of drug-likeness (QED) is 0.777. The van der Waals surface area contributed by atoms with Crippen molar-refractivity contribution in [3.63, 3.8) is 0 Å². The Morgan fingerprint density at radius 1 is 1.36 bits per heavy atom. The summed E-state index contributed by atoms with van der Waals surface area (Å²) in [5.41, 5.74) is 1.07. The van der Waals surface area contributed by atoms with E-state index < -0.39 is 0 Å². The summed E-state index contributed by atoms with van der Waals surface area (Å²) in [7, 11) is 1.68. The molecular formula is C15H16ClN5O2S2. The van der Waals surface area contributed by atoms with Crippen LogP contribution in [0.3, 0.4) is 0 Å². The van der Waals surface area contributed by atoms with Crippen molar-refractivity contribution >= 4 is 46.4 Å². The van der Waals surface area contributed by atoms with Crippen LogP contribution in [0.5, 0.6) is 0 Å². The maximum Gasteiger partial charge on any atom is 0.277 e. The Labute approximate surface area is 159 Å². The molecule has 0 spiro atoms. The highest BCUT2D eigenvalue weighted by Gasteiger charge is 2.24. The molecule has 7 nitrogen and oxygen atoms in total. The second-order valence-corrected chi connectivity index (χ2v) is 6.90. The molecule has 1 amide bonds. The van der Waals surface area contributed by atoms with E-state index in [0.29, 0.717) is 41.1 Å². The molecule has 2 heterocycles. The van der Waals surface area contributed by atoms with Crippen molar-refractivity contribution in [1.29, 1.82) is 0 Å². The summed E-state index contributed by atoms with van der Waals surface area (Å²) < 4.78 is 7.40. The smallest absolute Gasteiger partial charge is 0.277 e. The number of halogens is 1. The van der Waals surface area contributed by atoms with Gasteiger partial charge in [-0.3, -0.25) is 4.79 Å². The van der Waals surface area contributed by atoms with E-state index in [1.165, 1.54) is 11.5 Å². The predicted octanol–water partition coefficient (Wildman–Crippen LogP) is 1.46.